The lowest BCUT2D eigenvalue weighted by Gasteiger charge is -2.29. The van der Waals surface area contributed by atoms with Gasteiger partial charge in [0, 0.05) is 25.8 Å². The zero-order chi connectivity index (χ0) is 13.8. The van der Waals surface area contributed by atoms with Crippen molar-refractivity contribution in [3.8, 4) is 0 Å². The molecular formula is C14H24N4O. The Kier molecular flexibility index (Phi) is 4.58. The third-order valence-electron chi connectivity index (χ3n) is 3.62. The van der Waals surface area contributed by atoms with Crippen molar-refractivity contribution in [3.05, 3.63) is 11.9 Å². The Labute approximate surface area is 115 Å². The lowest BCUT2D eigenvalue weighted by molar-refractivity contribution is 0.0576. The van der Waals surface area contributed by atoms with Crippen LogP contribution in [0.3, 0.4) is 0 Å². The van der Waals surface area contributed by atoms with Gasteiger partial charge in [-0.15, -0.1) is 0 Å². The number of nitrogens with two attached hydrogens (primary N) is 1. The van der Waals surface area contributed by atoms with E-state index in [9.17, 15) is 0 Å². The van der Waals surface area contributed by atoms with Crippen LogP contribution in [-0.4, -0.2) is 36.8 Å². The van der Waals surface area contributed by atoms with Crippen LogP contribution in [0.2, 0.25) is 0 Å². The van der Waals surface area contributed by atoms with Crippen LogP contribution in [0.15, 0.2) is 6.33 Å². The molecule has 0 bridgehead atoms. The standard InChI is InChI=1S/C14H24N4O/c1-10(2)12-13(15)16-9-17-14(12)18(3)7-11-5-4-6-19-8-11/h9-11H,4-8H2,1-3H3,(H2,15,16,17). The van der Waals surface area contributed by atoms with Crippen molar-refractivity contribution in [1.29, 1.82) is 0 Å². The summed E-state index contributed by atoms with van der Waals surface area (Å²) in [4.78, 5) is 10.7. The maximum atomic E-state index is 5.99. The lowest BCUT2D eigenvalue weighted by atomic mass is 10.0. The van der Waals surface area contributed by atoms with Crippen LogP contribution in [0.25, 0.3) is 0 Å². The highest BCUT2D eigenvalue weighted by molar-refractivity contribution is 5.57. The Morgan fingerprint density at radius 3 is 2.89 bits per heavy atom. The van der Waals surface area contributed by atoms with Gasteiger partial charge in [0.2, 0.25) is 0 Å². The third kappa shape index (κ3) is 3.35. The summed E-state index contributed by atoms with van der Waals surface area (Å²) in [6, 6.07) is 0. The number of anilines is 2. The number of aromatic nitrogens is 2. The quantitative estimate of drug-likeness (QED) is 0.901. The Bertz CT molecular complexity index is 416. The number of ether oxygens (including phenoxy) is 1. The molecule has 1 aromatic rings. The highest BCUT2D eigenvalue weighted by Crippen LogP contribution is 2.29. The van der Waals surface area contributed by atoms with Gasteiger partial charge in [-0.2, -0.15) is 0 Å². The Hall–Kier alpha value is -1.36. The normalized spacial score (nSPS) is 19.7. The summed E-state index contributed by atoms with van der Waals surface area (Å²) in [5.74, 6) is 2.44. The van der Waals surface area contributed by atoms with Crippen molar-refractivity contribution in [1.82, 2.24) is 9.97 Å². The second-order valence-electron chi connectivity index (χ2n) is 5.61. The third-order valence-corrected chi connectivity index (χ3v) is 3.62. The van der Waals surface area contributed by atoms with Crippen LogP contribution in [0.1, 0.15) is 38.2 Å². The van der Waals surface area contributed by atoms with E-state index in [2.05, 4.69) is 35.8 Å². The number of hydrogen-bond acceptors (Lipinski definition) is 5. The second-order valence-corrected chi connectivity index (χ2v) is 5.61. The molecule has 1 aliphatic rings. The van der Waals surface area contributed by atoms with Gasteiger partial charge in [0.1, 0.15) is 18.0 Å². The van der Waals surface area contributed by atoms with E-state index >= 15 is 0 Å². The summed E-state index contributed by atoms with van der Waals surface area (Å²) in [7, 11) is 2.07. The zero-order valence-corrected chi connectivity index (χ0v) is 12.1. The van der Waals surface area contributed by atoms with Crippen molar-refractivity contribution in [2.75, 3.05) is 37.4 Å². The molecule has 0 radical (unpaired) electrons. The molecule has 1 saturated heterocycles. The van der Waals surface area contributed by atoms with Gasteiger partial charge in [-0.25, -0.2) is 9.97 Å². The average Bonchev–Trinajstić information content (AvgIpc) is 2.39. The molecule has 1 atom stereocenters. The molecule has 5 nitrogen and oxygen atoms in total. The first-order valence-electron chi connectivity index (χ1n) is 6.98. The minimum absolute atomic E-state index is 0.321. The van der Waals surface area contributed by atoms with E-state index in [4.69, 9.17) is 10.5 Å². The van der Waals surface area contributed by atoms with Crippen molar-refractivity contribution >= 4 is 11.6 Å². The van der Waals surface area contributed by atoms with E-state index in [0.29, 0.717) is 17.7 Å². The molecule has 1 unspecified atom stereocenters. The van der Waals surface area contributed by atoms with Gasteiger partial charge in [-0.3, -0.25) is 0 Å². The van der Waals surface area contributed by atoms with Crippen LogP contribution in [0.5, 0.6) is 0 Å². The fraction of sp³-hybridized carbons (Fsp3) is 0.714. The molecule has 2 heterocycles. The summed E-state index contributed by atoms with van der Waals surface area (Å²) in [6.45, 7) is 6.95. The maximum Gasteiger partial charge on any atom is 0.137 e. The fourth-order valence-electron chi connectivity index (χ4n) is 2.68. The first-order valence-corrected chi connectivity index (χ1v) is 6.98. The van der Waals surface area contributed by atoms with E-state index in [1.165, 1.54) is 6.42 Å². The van der Waals surface area contributed by atoms with Gasteiger partial charge in [0.05, 0.1) is 6.61 Å². The molecule has 106 valence electrons. The molecule has 1 aromatic heterocycles. The molecule has 0 amide bonds. The first-order chi connectivity index (χ1) is 9.09. The number of nitrogen functional groups attached to an aromatic ring is 1. The molecule has 0 aromatic carbocycles. The highest BCUT2D eigenvalue weighted by Gasteiger charge is 2.20. The molecule has 2 rings (SSSR count). The van der Waals surface area contributed by atoms with Gasteiger partial charge in [-0.1, -0.05) is 13.8 Å². The van der Waals surface area contributed by atoms with Gasteiger partial charge in [-0.05, 0) is 24.7 Å². The smallest absolute Gasteiger partial charge is 0.137 e. The number of nitrogens with zero attached hydrogens (tertiary/aromatic N) is 3. The minimum atomic E-state index is 0.321. The first kappa shape index (κ1) is 14.1. The van der Waals surface area contributed by atoms with E-state index in [0.717, 1.165) is 37.6 Å². The summed E-state index contributed by atoms with van der Waals surface area (Å²) in [6.07, 6.45) is 3.92. The topological polar surface area (TPSA) is 64.3 Å². The van der Waals surface area contributed by atoms with Gasteiger partial charge in [0.25, 0.3) is 0 Å². The van der Waals surface area contributed by atoms with Crippen molar-refractivity contribution < 1.29 is 4.74 Å². The Morgan fingerprint density at radius 1 is 1.47 bits per heavy atom. The molecule has 0 spiro atoms. The summed E-state index contributed by atoms with van der Waals surface area (Å²) in [5.41, 5.74) is 7.03. The highest BCUT2D eigenvalue weighted by atomic mass is 16.5. The number of hydrogen-bond donors (Lipinski definition) is 1. The monoisotopic (exact) mass is 264 g/mol. The molecule has 0 aliphatic carbocycles. The van der Waals surface area contributed by atoms with Crippen molar-refractivity contribution in [2.24, 2.45) is 5.92 Å². The van der Waals surface area contributed by atoms with Crippen LogP contribution in [-0.2, 0) is 4.74 Å². The summed E-state index contributed by atoms with van der Waals surface area (Å²) in [5, 5.41) is 0. The maximum absolute atomic E-state index is 5.99. The van der Waals surface area contributed by atoms with Crippen molar-refractivity contribution in [3.63, 3.8) is 0 Å². The fourth-order valence-corrected chi connectivity index (χ4v) is 2.68. The van der Waals surface area contributed by atoms with Crippen LogP contribution in [0.4, 0.5) is 11.6 Å². The summed E-state index contributed by atoms with van der Waals surface area (Å²) >= 11 is 0. The average molecular weight is 264 g/mol. The molecule has 5 heteroatoms. The van der Waals surface area contributed by atoms with Crippen LogP contribution in [0, 0.1) is 5.92 Å². The van der Waals surface area contributed by atoms with Crippen LogP contribution < -0.4 is 10.6 Å². The summed E-state index contributed by atoms with van der Waals surface area (Å²) < 4.78 is 5.54. The Morgan fingerprint density at radius 2 is 2.26 bits per heavy atom. The van der Waals surface area contributed by atoms with E-state index in [-0.39, 0.29) is 0 Å². The molecular weight excluding hydrogens is 240 g/mol. The molecule has 19 heavy (non-hydrogen) atoms. The minimum Gasteiger partial charge on any atom is -0.383 e. The van der Waals surface area contributed by atoms with Gasteiger partial charge < -0.3 is 15.4 Å². The van der Waals surface area contributed by atoms with Crippen molar-refractivity contribution in [2.45, 2.75) is 32.6 Å². The van der Waals surface area contributed by atoms with E-state index < -0.39 is 0 Å². The SMILES string of the molecule is CC(C)c1c(N)ncnc1N(C)CC1CCCOC1. The zero-order valence-electron chi connectivity index (χ0n) is 12.1. The van der Waals surface area contributed by atoms with Crippen LogP contribution >= 0.6 is 0 Å². The predicted molar refractivity (Wildman–Crippen MR) is 77.3 cm³/mol. The Balaban J connectivity index is 2.13. The molecule has 1 fully saturated rings. The second kappa shape index (κ2) is 6.19. The number of rotatable bonds is 4. The molecule has 1 aliphatic heterocycles. The lowest BCUT2D eigenvalue weighted by Crippen LogP contribution is -2.32. The molecule has 2 N–H and O–H groups in total. The van der Waals surface area contributed by atoms with E-state index in [1.807, 2.05) is 0 Å². The van der Waals surface area contributed by atoms with E-state index in [1.54, 1.807) is 6.33 Å². The molecule has 0 saturated carbocycles. The predicted octanol–water partition coefficient (Wildman–Crippen LogP) is 2.04. The van der Waals surface area contributed by atoms with Gasteiger partial charge in [0.15, 0.2) is 0 Å². The largest absolute Gasteiger partial charge is 0.383 e. The van der Waals surface area contributed by atoms with Gasteiger partial charge >= 0.3 is 0 Å².